The van der Waals surface area contributed by atoms with E-state index in [1.807, 2.05) is 12.1 Å². The van der Waals surface area contributed by atoms with E-state index in [9.17, 15) is 13.2 Å². The van der Waals surface area contributed by atoms with Gasteiger partial charge in [0.2, 0.25) is 15.9 Å². The minimum atomic E-state index is -3.10. The van der Waals surface area contributed by atoms with Gasteiger partial charge in [-0.1, -0.05) is 43.5 Å². The number of amides is 1. The lowest BCUT2D eigenvalue weighted by Gasteiger charge is -2.37. The normalized spacial score (nSPS) is 22.6. The second-order valence-corrected chi connectivity index (χ2v) is 9.37. The summed E-state index contributed by atoms with van der Waals surface area (Å²) in [6, 6.07) is 8.15. The highest BCUT2D eigenvalue weighted by Crippen LogP contribution is 2.41. The Morgan fingerprint density at radius 2 is 1.88 bits per heavy atom. The van der Waals surface area contributed by atoms with Crippen LogP contribution in [0.3, 0.4) is 0 Å². The van der Waals surface area contributed by atoms with E-state index in [-0.39, 0.29) is 11.7 Å². The molecule has 1 saturated heterocycles. The number of rotatable bonds is 5. The molecular weight excluding hydrogens is 336 g/mol. The van der Waals surface area contributed by atoms with Crippen LogP contribution in [0, 0.1) is 6.92 Å². The SMILES string of the molecule is Cc1ccccc1C1(C(=O)NCCN2CCCS2(=O)=O)CCCCC1. The molecule has 5 nitrogen and oxygen atoms in total. The van der Waals surface area contributed by atoms with Gasteiger partial charge >= 0.3 is 0 Å². The van der Waals surface area contributed by atoms with Gasteiger partial charge in [0.05, 0.1) is 11.2 Å². The number of aryl methyl sites for hydroxylation is 1. The van der Waals surface area contributed by atoms with Crippen LogP contribution in [0.15, 0.2) is 24.3 Å². The largest absolute Gasteiger partial charge is 0.354 e. The summed E-state index contributed by atoms with van der Waals surface area (Å²) in [5.41, 5.74) is 1.82. The lowest BCUT2D eigenvalue weighted by molar-refractivity contribution is -0.128. The first-order chi connectivity index (χ1) is 12.0. The van der Waals surface area contributed by atoms with Crippen molar-refractivity contribution < 1.29 is 13.2 Å². The summed E-state index contributed by atoms with van der Waals surface area (Å²) in [7, 11) is -3.10. The minimum absolute atomic E-state index is 0.0538. The molecule has 1 aromatic carbocycles. The van der Waals surface area contributed by atoms with Gasteiger partial charge < -0.3 is 5.32 Å². The lowest BCUT2D eigenvalue weighted by Crippen LogP contribution is -2.48. The van der Waals surface area contributed by atoms with Crippen LogP contribution in [0.1, 0.15) is 49.7 Å². The fraction of sp³-hybridized carbons (Fsp3) is 0.632. The maximum atomic E-state index is 13.1. The Bertz CT molecular complexity index is 724. The third kappa shape index (κ3) is 3.75. The summed E-state index contributed by atoms with van der Waals surface area (Å²) in [6.07, 6.45) is 5.71. The Morgan fingerprint density at radius 1 is 1.16 bits per heavy atom. The molecule has 1 aliphatic heterocycles. The monoisotopic (exact) mass is 364 g/mol. The molecule has 6 heteroatoms. The van der Waals surface area contributed by atoms with Crippen molar-refractivity contribution in [1.82, 2.24) is 9.62 Å². The van der Waals surface area contributed by atoms with Crippen molar-refractivity contribution in [3.05, 3.63) is 35.4 Å². The molecule has 2 fully saturated rings. The van der Waals surface area contributed by atoms with E-state index >= 15 is 0 Å². The van der Waals surface area contributed by atoms with Gasteiger partial charge in [0, 0.05) is 19.6 Å². The van der Waals surface area contributed by atoms with Crippen LogP contribution in [-0.2, 0) is 20.2 Å². The first-order valence-electron chi connectivity index (χ1n) is 9.28. The van der Waals surface area contributed by atoms with Gasteiger partial charge in [-0.05, 0) is 37.3 Å². The maximum Gasteiger partial charge on any atom is 0.230 e. The van der Waals surface area contributed by atoms with Crippen molar-refractivity contribution in [3.63, 3.8) is 0 Å². The average Bonchev–Trinajstić information content (AvgIpc) is 2.94. The standard InChI is InChI=1S/C19H28N2O3S/c1-16-8-3-4-9-17(16)19(10-5-2-6-11-19)18(22)20-12-14-21-13-7-15-25(21,23)24/h3-4,8-9H,2,5-7,10-15H2,1H3,(H,20,22). The summed E-state index contributed by atoms with van der Waals surface area (Å²) in [5, 5.41) is 3.04. The lowest BCUT2D eigenvalue weighted by atomic mass is 9.67. The van der Waals surface area contributed by atoms with Crippen LogP contribution in [0.25, 0.3) is 0 Å². The predicted octanol–water partition coefficient (Wildman–Crippen LogP) is 2.35. The molecular formula is C19H28N2O3S. The van der Waals surface area contributed by atoms with Crippen LogP contribution in [0.2, 0.25) is 0 Å². The van der Waals surface area contributed by atoms with Crippen molar-refractivity contribution in [2.75, 3.05) is 25.4 Å². The summed E-state index contributed by atoms with van der Waals surface area (Å²) >= 11 is 0. The Kier molecular flexibility index (Phi) is 5.49. The van der Waals surface area contributed by atoms with Crippen LogP contribution in [0.4, 0.5) is 0 Å². The Labute approximate surface area is 150 Å². The fourth-order valence-corrected chi connectivity index (χ4v) is 5.82. The molecule has 0 atom stereocenters. The summed E-state index contributed by atoms with van der Waals surface area (Å²) in [5.74, 6) is 0.284. The molecule has 1 saturated carbocycles. The van der Waals surface area contributed by atoms with Gasteiger partial charge in [-0.15, -0.1) is 0 Å². The molecule has 2 aliphatic rings. The summed E-state index contributed by atoms with van der Waals surface area (Å²) < 4.78 is 25.3. The molecule has 0 bridgehead atoms. The van der Waals surface area contributed by atoms with Crippen molar-refractivity contribution >= 4 is 15.9 Å². The Balaban J connectivity index is 1.71. The van der Waals surface area contributed by atoms with E-state index in [0.29, 0.717) is 26.1 Å². The van der Waals surface area contributed by atoms with Crippen LogP contribution in [-0.4, -0.2) is 44.0 Å². The van der Waals surface area contributed by atoms with E-state index in [0.717, 1.165) is 36.8 Å². The smallest absolute Gasteiger partial charge is 0.230 e. The predicted molar refractivity (Wildman–Crippen MR) is 98.9 cm³/mol. The topological polar surface area (TPSA) is 66.5 Å². The molecule has 0 spiro atoms. The molecule has 1 heterocycles. The quantitative estimate of drug-likeness (QED) is 0.872. The number of carbonyl (C=O) groups is 1. The van der Waals surface area contributed by atoms with Crippen molar-refractivity contribution in [1.29, 1.82) is 0 Å². The van der Waals surface area contributed by atoms with Crippen LogP contribution < -0.4 is 5.32 Å². The molecule has 1 aromatic rings. The van der Waals surface area contributed by atoms with Gasteiger partial charge in [0.25, 0.3) is 0 Å². The molecule has 1 amide bonds. The van der Waals surface area contributed by atoms with Crippen molar-refractivity contribution in [2.45, 2.75) is 50.9 Å². The molecule has 3 rings (SSSR count). The van der Waals surface area contributed by atoms with Crippen molar-refractivity contribution in [3.8, 4) is 0 Å². The van der Waals surface area contributed by atoms with E-state index in [4.69, 9.17) is 0 Å². The fourth-order valence-electron chi connectivity index (χ4n) is 4.29. The maximum absolute atomic E-state index is 13.1. The molecule has 0 radical (unpaired) electrons. The van der Waals surface area contributed by atoms with Crippen LogP contribution in [0.5, 0.6) is 0 Å². The summed E-state index contributed by atoms with van der Waals surface area (Å²) in [4.78, 5) is 13.1. The third-order valence-electron chi connectivity index (χ3n) is 5.65. The zero-order valence-corrected chi connectivity index (χ0v) is 15.8. The first-order valence-corrected chi connectivity index (χ1v) is 10.9. The average molecular weight is 365 g/mol. The third-order valence-corrected chi connectivity index (χ3v) is 7.61. The second-order valence-electron chi connectivity index (χ2n) is 7.28. The van der Waals surface area contributed by atoms with Gasteiger partial charge in [-0.3, -0.25) is 4.79 Å². The Hall–Kier alpha value is -1.40. The summed E-state index contributed by atoms with van der Waals surface area (Å²) in [6.45, 7) is 3.39. The number of hydrogen-bond donors (Lipinski definition) is 1. The van der Waals surface area contributed by atoms with Crippen LogP contribution >= 0.6 is 0 Å². The molecule has 0 unspecified atom stereocenters. The number of carbonyl (C=O) groups excluding carboxylic acids is 1. The number of hydrogen-bond acceptors (Lipinski definition) is 3. The number of sulfonamides is 1. The van der Waals surface area contributed by atoms with E-state index in [1.165, 1.54) is 10.7 Å². The second kappa shape index (κ2) is 7.46. The van der Waals surface area contributed by atoms with E-state index in [2.05, 4.69) is 24.4 Å². The van der Waals surface area contributed by atoms with Crippen molar-refractivity contribution in [2.24, 2.45) is 0 Å². The van der Waals surface area contributed by atoms with E-state index in [1.54, 1.807) is 0 Å². The minimum Gasteiger partial charge on any atom is -0.354 e. The first kappa shape index (κ1) is 18.4. The highest BCUT2D eigenvalue weighted by molar-refractivity contribution is 7.89. The van der Waals surface area contributed by atoms with Gasteiger partial charge in [-0.2, -0.15) is 0 Å². The zero-order valence-electron chi connectivity index (χ0n) is 15.0. The molecule has 25 heavy (non-hydrogen) atoms. The number of nitrogens with one attached hydrogen (secondary N) is 1. The van der Waals surface area contributed by atoms with Gasteiger partial charge in [0.1, 0.15) is 0 Å². The van der Waals surface area contributed by atoms with E-state index < -0.39 is 15.4 Å². The number of benzene rings is 1. The van der Waals surface area contributed by atoms with Gasteiger partial charge in [0.15, 0.2) is 0 Å². The molecule has 0 aromatic heterocycles. The molecule has 1 aliphatic carbocycles. The molecule has 138 valence electrons. The highest BCUT2D eigenvalue weighted by Gasteiger charge is 2.41. The Morgan fingerprint density at radius 3 is 2.52 bits per heavy atom. The van der Waals surface area contributed by atoms with Gasteiger partial charge in [-0.25, -0.2) is 12.7 Å². The zero-order chi connectivity index (χ0) is 17.9. The molecule has 1 N–H and O–H groups in total. The highest BCUT2D eigenvalue weighted by atomic mass is 32.2. The number of nitrogens with zero attached hydrogens (tertiary/aromatic N) is 1.